The van der Waals surface area contributed by atoms with Crippen molar-refractivity contribution >= 4 is 16.5 Å². The van der Waals surface area contributed by atoms with Crippen LogP contribution >= 0.6 is 11.3 Å². The third-order valence-corrected chi connectivity index (χ3v) is 2.79. The molecule has 1 N–H and O–H groups in total. The molecule has 0 saturated heterocycles. The highest BCUT2D eigenvalue weighted by molar-refractivity contribution is 7.15. The first-order valence-electron chi connectivity index (χ1n) is 4.95. The van der Waals surface area contributed by atoms with Crippen molar-refractivity contribution in [3.8, 4) is 12.1 Å². The Hall–Kier alpha value is -1.63. The van der Waals surface area contributed by atoms with E-state index in [1.165, 1.54) is 0 Å². The van der Waals surface area contributed by atoms with Crippen LogP contribution in [0.4, 0.5) is 5.13 Å². The molecule has 0 aliphatic carbocycles. The molecular weight excluding hydrogens is 222 g/mol. The minimum Gasteiger partial charge on any atom is -0.362 e. The molecule has 0 saturated carbocycles. The first-order chi connectivity index (χ1) is 7.80. The van der Waals surface area contributed by atoms with Gasteiger partial charge in [-0.1, -0.05) is 0 Å². The van der Waals surface area contributed by atoms with E-state index in [9.17, 15) is 0 Å². The minimum absolute atomic E-state index is 0.266. The van der Waals surface area contributed by atoms with Gasteiger partial charge in [0, 0.05) is 24.2 Å². The van der Waals surface area contributed by atoms with E-state index >= 15 is 0 Å². The topological polar surface area (TPSA) is 75.7 Å². The molecule has 6 heteroatoms. The maximum absolute atomic E-state index is 8.61. The summed E-state index contributed by atoms with van der Waals surface area (Å²) in [4.78, 5) is 7.03. The third-order valence-electron chi connectivity index (χ3n) is 1.85. The van der Waals surface area contributed by atoms with Crippen LogP contribution in [0.5, 0.6) is 0 Å². The Bertz CT molecular complexity index is 384. The van der Waals surface area contributed by atoms with E-state index in [4.69, 9.17) is 10.5 Å². The maximum Gasteiger partial charge on any atom is 0.182 e. The first-order valence-corrected chi connectivity index (χ1v) is 5.76. The van der Waals surface area contributed by atoms with Crippen LogP contribution in [0.1, 0.15) is 11.8 Å². The van der Waals surface area contributed by atoms with Gasteiger partial charge >= 0.3 is 0 Å². The molecule has 1 rings (SSSR count). The Morgan fingerprint density at radius 3 is 2.69 bits per heavy atom. The molecule has 16 heavy (non-hydrogen) atoms. The van der Waals surface area contributed by atoms with E-state index in [0.717, 1.165) is 16.6 Å². The highest BCUT2D eigenvalue weighted by atomic mass is 32.1. The van der Waals surface area contributed by atoms with E-state index in [0.29, 0.717) is 6.54 Å². The second-order valence-corrected chi connectivity index (χ2v) is 4.24. The van der Waals surface area contributed by atoms with E-state index in [-0.39, 0.29) is 13.1 Å². The summed E-state index contributed by atoms with van der Waals surface area (Å²) < 4.78 is 0. The van der Waals surface area contributed by atoms with Crippen molar-refractivity contribution in [3.63, 3.8) is 0 Å². The van der Waals surface area contributed by atoms with Gasteiger partial charge in [0.25, 0.3) is 0 Å². The predicted octanol–water partition coefficient (Wildman–Crippen LogP) is 1.42. The highest BCUT2D eigenvalue weighted by Gasteiger charge is 2.07. The van der Waals surface area contributed by atoms with Gasteiger partial charge in [0.1, 0.15) is 0 Å². The lowest BCUT2D eigenvalue weighted by molar-refractivity contribution is 0.337. The molecule has 0 aliphatic heterocycles. The van der Waals surface area contributed by atoms with Crippen molar-refractivity contribution in [1.82, 2.24) is 9.88 Å². The summed E-state index contributed by atoms with van der Waals surface area (Å²) in [6.07, 6.45) is 1.78. The van der Waals surface area contributed by atoms with Crippen LogP contribution in [0.2, 0.25) is 0 Å². The van der Waals surface area contributed by atoms with Gasteiger partial charge in [-0.05, 0) is 6.92 Å². The van der Waals surface area contributed by atoms with Gasteiger partial charge in [0.15, 0.2) is 5.13 Å². The van der Waals surface area contributed by atoms with E-state index < -0.39 is 0 Å². The number of nitrogens with one attached hydrogen (secondary N) is 1. The number of anilines is 1. The summed E-state index contributed by atoms with van der Waals surface area (Å²) in [7, 11) is 0. The lowest BCUT2D eigenvalue weighted by Gasteiger charge is -2.12. The summed E-state index contributed by atoms with van der Waals surface area (Å²) in [5, 5.41) is 21.2. The number of nitrogens with zero attached hydrogens (tertiary/aromatic N) is 4. The SMILES string of the molecule is CCNc1ncc(CN(CC#N)CC#N)s1. The number of thiazole rings is 1. The monoisotopic (exact) mass is 235 g/mol. The molecule has 0 aromatic carbocycles. The number of rotatable bonds is 6. The predicted molar refractivity (Wildman–Crippen MR) is 62.8 cm³/mol. The quantitative estimate of drug-likeness (QED) is 0.755. The average Bonchev–Trinajstić information content (AvgIpc) is 2.67. The molecule has 1 aromatic rings. The normalized spacial score (nSPS) is 9.75. The van der Waals surface area contributed by atoms with Crippen molar-refractivity contribution in [1.29, 1.82) is 10.5 Å². The van der Waals surface area contributed by atoms with Gasteiger partial charge in [-0.3, -0.25) is 4.90 Å². The summed E-state index contributed by atoms with van der Waals surface area (Å²) in [5.41, 5.74) is 0. The Balaban J connectivity index is 2.56. The zero-order valence-electron chi connectivity index (χ0n) is 9.10. The van der Waals surface area contributed by atoms with Gasteiger partial charge in [-0.25, -0.2) is 4.98 Å². The zero-order chi connectivity index (χ0) is 11.8. The fraction of sp³-hybridized carbons (Fsp3) is 0.500. The molecule has 0 bridgehead atoms. The van der Waals surface area contributed by atoms with Crippen LogP contribution in [0, 0.1) is 22.7 Å². The molecule has 0 fully saturated rings. The number of hydrogen-bond donors (Lipinski definition) is 1. The van der Waals surface area contributed by atoms with Crippen molar-refractivity contribution in [2.45, 2.75) is 13.5 Å². The van der Waals surface area contributed by atoms with E-state index in [1.807, 2.05) is 19.1 Å². The molecule has 0 aliphatic rings. The molecule has 0 radical (unpaired) electrons. The fourth-order valence-electron chi connectivity index (χ4n) is 1.20. The van der Waals surface area contributed by atoms with Crippen LogP contribution < -0.4 is 5.32 Å². The van der Waals surface area contributed by atoms with Gasteiger partial charge < -0.3 is 5.32 Å². The standard InChI is InChI=1S/C10H13N5S/c1-2-13-10-14-7-9(16-10)8-15(5-3-11)6-4-12/h7H,2,5-6,8H2,1H3,(H,13,14). The molecule has 84 valence electrons. The van der Waals surface area contributed by atoms with Crippen LogP contribution in [0.15, 0.2) is 6.20 Å². The van der Waals surface area contributed by atoms with E-state index in [2.05, 4.69) is 10.3 Å². The van der Waals surface area contributed by atoms with E-state index in [1.54, 1.807) is 22.4 Å². The number of nitriles is 2. The third kappa shape index (κ3) is 3.85. The van der Waals surface area contributed by atoms with Gasteiger partial charge in [-0.2, -0.15) is 10.5 Å². The van der Waals surface area contributed by atoms with Crippen molar-refractivity contribution in [3.05, 3.63) is 11.1 Å². The van der Waals surface area contributed by atoms with Crippen LogP contribution in [0.25, 0.3) is 0 Å². The zero-order valence-corrected chi connectivity index (χ0v) is 9.92. The Labute approximate surface area is 98.9 Å². The minimum atomic E-state index is 0.266. The Morgan fingerprint density at radius 2 is 2.12 bits per heavy atom. The molecular formula is C10H13N5S. The summed E-state index contributed by atoms with van der Waals surface area (Å²) in [5.74, 6) is 0. The van der Waals surface area contributed by atoms with Crippen LogP contribution in [0.3, 0.4) is 0 Å². The molecule has 1 aromatic heterocycles. The Kier molecular flexibility index (Phi) is 5.27. The molecule has 5 nitrogen and oxygen atoms in total. The molecule has 0 atom stereocenters. The average molecular weight is 235 g/mol. The summed E-state index contributed by atoms with van der Waals surface area (Å²) >= 11 is 1.55. The lowest BCUT2D eigenvalue weighted by Crippen LogP contribution is -2.23. The number of hydrogen-bond acceptors (Lipinski definition) is 6. The fourth-order valence-corrected chi connectivity index (χ4v) is 2.12. The lowest BCUT2D eigenvalue weighted by atomic mass is 10.4. The van der Waals surface area contributed by atoms with Crippen LogP contribution in [-0.2, 0) is 6.54 Å². The molecule has 0 amide bonds. The largest absolute Gasteiger partial charge is 0.362 e. The summed E-state index contributed by atoms with van der Waals surface area (Å²) in [6, 6.07) is 4.10. The van der Waals surface area contributed by atoms with Crippen molar-refractivity contribution < 1.29 is 0 Å². The van der Waals surface area contributed by atoms with Gasteiger partial charge in [-0.15, -0.1) is 11.3 Å². The Morgan fingerprint density at radius 1 is 1.44 bits per heavy atom. The second kappa shape index (κ2) is 6.78. The first kappa shape index (κ1) is 12.4. The smallest absolute Gasteiger partial charge is 0.182 e. The van der Waals surface area contributed by atoms with Gasteiger partial charge in [0.2, 0.25) is 0 Å². The number of aromatic nitrogens is 1. The molecule has 0 unspecified atom stereocenters. The molecule has 0 spiro atoms. The van der Waals surface area contributed by atoms with Gasteiger partial charge in [0.05, 0.1) is 25.2 Å². The van der Waals surface area contributed by atoms with Crippen molar-refractivity contribution in [2.75, 3.05) is 25.0 Å². The summed E-state index contributed by atoms with van der Waals surface area (Å²) in [6.45, 7) is 3.99. The molecule has 1 heterocycles. The second-order valence-electron chi connectivity index (χ2n) is 3.12. The van der Waals surface area contributed by atoms with Crippen LogP contribution in [-0.4, -0.2) is 29.5 Å². The maximum atomic E-state index is 8.61. The highest BCUT2D eigenvalue weighted by Crippen LogP contribution is 2.19. The van der Waals surface area contributed by atoms with Crippen molar-refractivity contribution in [2.24, 2.45) is 0 Å².